The summed E-state index contributed by atoms with van der Waals surface area (Å²) < 4.78 is 5.77. The average Bonchev–Trinajstić information content (AvgIpc) is 3.19. The predicted molar refractivity (Wildman–Crippen MR) is 128 cm³/mol. The topological polar surface area (TPSA) is 77.2 Å². The summed E-state index contributed by atoms with van der Waals surface area (Å²) in [7, 11) is 5.55. The van der Waals surface area contributed by atoms with Crippen LogP contribution >= 0.6 is 11.3 Å². The summed E-state index contributed by atoms with van der Waals surface area (Å²) in [6.07, 6.45) is 1.22. The maximum Gasteiger partial charge on any atom is 0.324 e. The number of rotatable bonds is 10. The highest BCUT2D eigenvalue weighted by Gasteiger charge is 2.29. The van der Waals surface area contributed by atoms with Gasteiger partial charge in [-0.15, -0.1) is 11.3 Å². The van der Waals surface area contributed by atoms with Crippen molar-refractivity contribution in [2.24, 2.45) is 0 Å². The van der Waals surface area contributed by atoms with E-state index in [-0.39, 0.29) is 22.9 Å². The molecule has 0 aliphatic heterocycles. The second kappa shape index (κ2) is 10.6. The fraction of sp³-hybridized carbons (Fsp3) is 0.333. The van der Waals surface area contributed by atoms with E-state index in [1.165, 1.54) is 22.5 Å². The molecule has 0 saturated heterocycles. The number of hydrogen-bond acceptors (Lipinski definition) is 6. The van der Waals surface area contributed by atoms with Crippen LogP contribution in [0.2, 0.25) is 0 Å². The number of thiazole rings is 1. The minimum absolute atomic E-state index is 0.0424. The Kier molecular flexibility index (Phi) is 7.92. The van der Waals surface area contributed by atoms with Gasteiger partial charge in [0.15, 0.2) is 5.13 Å². The normalized spacial score (nSPS) is 12.6. The molecule has 6 nitrogen and oxygen atoms in total. The Balaban J connectivity index is 1.50. The number of nitrogens with two attached hydrogens (primary N) is 1. The van der Waals surface area contributed by atoms with Crippen molar-refractivity contribution in [1.29, 1.82) is 0 Å². The zero-order chi connectivity index (χ0) is 22.3. The molecule has 3 N–H and O–H groups in total. The third-order valence-corrected chi connectivity index (χ3v) is 6.21. The lowest BCUT2D eigenvalue weighted by atomic mass is 10.1. The summed E-state index contributed by atoms with van der Waals surface area (Å²) in [5.41, 5.74) is 9.75. The van der Waals surface area contributed by atoms with Crippen LogP contribution in [0.25, 0.3) is 0 Å². The highest BCUT2D eigenvalue weighted by molar-refractivity contribution is 7.13. The average molecular weight is 440 g/mol. The van der Waals surface area contributed by atoms with E-state index in [0.717, 1.165) is 30.9 Å². The number of carbonyl (C=O) groups excluding carboxylic acids is 1. The summed E-state index contributed by atoms with van der Waals surface area (Å²) in [6, 6.07) is 18.5. The van der Waals surface area contributed by atoms with E-state index in [4.69, 9.17) is 10.5 Å². The number of aromatic nitrogens is 1. The lowest BCUT2D eigenvalue weighted by molar-refractivity contribution is -0.127. The lowest BCUT2D eigenvalue weighted by Gasteiger charge is -2.26. The number of benzene rings is 2. The fourth-order valence-electron chi connectivity index (χ4n) is 3.41. The number of amides is 1. The second-order valence-corrected chi connectivity index (χ2v) is 8.85. The van der Waals surface area contributed by atoms with Gasteiger partial charge in [-0.1, -0.05) is 42.5 Å². The number of nitrogens with zero attached hydrogens (tertiary/aromatic N) is 2. The maximum atomic E-state index is 12.8. The summed E-state index contributed by atoms with van der Waals surface area (Å²) in [5, 5.41) is 5.81. The number of methoxy groups -OCH3 is 1. The van der Waals surface area contributed by atoms with Crippen molar-refractivity contribution in [3.05, 3.63) is 76.8 Å². The molecule has 3 rings (SSSR count). The quantitative estimate of drug-likeness (QED) is 0.373. The SMILES string of the molecule is COC(CNCCc1ccc([N+](C)(C)C(=O)Cc2csc(N)n2)cc1)c1ccccc1. The molecule has 3 aromatic rings. The molecule has 0 bridgehead atoms. The number of nitrogen functional groups attached to an aromatic ring is 1. The molecule has 7 heteroatoms. The standard InChI is InChI=1S/C24H31N4O2S/c1-28(2,23(29)15-20-17-31-24(25)27-20)21-11-9-18(10-12-21)13-14-26-16-22(30-3)19-7-5-4-6-8-19/h4-12,17,22,26H,13-16H2,1-3H3,(H2,25,27)/q+1. The zero-order valence-electron chi connectivity index (χ0n) is 18.4. The lowest BCUT2D eigenvalue weighted by Crippen LogP contribution is -2.47. The minimum atomic E-state index is 0.0424. The molecule has 31 heavy (non-hydrogen) atoms. The van der Waals surface area contributed by atoms with Gasteiger partial charge in [0.2, 0.25) is 0 Å². The van der Waals surface area contributed by atoms with Crippen LogP contribution in [-0.4, -0.2) is 45.2 Å². The first kappa shape index (κ1) is 23.1. The Labute approximate surface area is 188 Å². The molecule has 0 aliphatic rings. The number of likely N-dealkylation sites (N-methyl/N-ethyl adjacent to an activating group) is 1. The third kappa shape index (κ3) is 6.21. The molecule has 1 aromatic heterocycles. The molecule has 0 spiro atoms. The van der Waals surface area contributed by atoms with Gasteiger partial charge in [-0.3, -0.25) is 0 Å². The van der Waals surface area contributed by atoms with Crippen molar-refractivity contribution < 1.29 is 9.53 Å². The Morgan fingerprint density at radius 3 is 2.48 bits per heavy atom. The van der Waals surface area contributed by atoms with E-state index < -0.39 is 0 Å². The van der Waals surface area contributed by atoms with Gasteiger partial charge < -0.3 is 15.8 Å². The molecular formula is C24H31N4O2S+. The molecule has 164 valence electrons. The Morgan fingerprint density at radius 1 is 1.16 bits per heavy atom. The molecule has 1 unspecified atom stereocenters. The molecule has 1 atom stereocenters. The first-order valence-electron chi connectivity index (χ1n) is 10.4. The first-order chi connectivity index (χ1) is 14.9. The van der Waals surface area contributed by atoms with Crippen LogP contribution in [0.4, 0.5) is 10.8 Å². The maximum absolute atomic E-state index is 12.8. The minimum Gasteiger partial charge on any atom is -0.375 e. The number of anilines is 1. The largest absolute Gasteiger partial charge is 0.375 e. The monoisotopic (exact) mass is 439 g/mol. The molecule has 0 aliphatic carbocycles. The Hall–Kier alpha value is -2.58. The van der Waals surface area contributed by atoms with Crippen molar-refractivity contribution in [3.8, 4) is 0 Å². The van der Waals surface area contributed by atoms with Gasteiger partial charge in [-0.25, -0.2) is 14.3 Å². The Bertz CT molecular complexity index is 971. The second-order valence-electron chi connectivity index (χ2n) is 7.96. The molecule has 1 heterocycles. The van der Waals surface area contributed by atoms with Crippen LogP contribution in [0.3, 0.4) is 0 Å². The van der Waals surface area contributed by atoms with E-state index in [9.17, 15) is 4.79 Å². The number of ether oxygens (including phenoxy) is 1. The number of quaternary nitrogens is 1. The number of nitrogens with one attached hydrogen (secondary N) is 1. The van der Waals surface area contributed by atoms with Crippen molar-refractivity contribution in [2.75, 3.05) is 40.0 Å². The first-order valence-corrected chi connectivity index (χ1v) is 11.2. The number of carbonyl (C=O) groups is 1. The van der Waals surface area contributed by atoms with E-state index in [2.05, 4.69) is 34.6 Å². The highest BCUT2D eigenvalue weighted by Crippen LogP contribution is 2.22. The van der Waals surface area contributed by atoms with E-state index in [1.54, 1.807) is 7.11 Å². The Morgan fingerprint density at radius 2 is 1.87 bits per heavy atom. The van der Waals surface area contributed by atoms with Crippen LogP contribution in [0, 0.1) is 0 Å². The molecule has 0 radical (unpaired) electrons. The summed E-state index contributed by atoms with van der Waals surface area (Å²) in [6.45, 7) is 1.62. The van der Waals surface area contributed by atoms with Gasteiger partial charge in [0, 0.05) is 19.0 Å². The van der Waals surface area contributed by atoms with Crippen LogP contribution in [-0.2, 0) is 22.4 Å². The van der Waals surface area contributed by atoms with Gasteiger partial charge >= 0.3 is 5.91 Å². The molecule has 0 fully saturated rings. The van der Waals surface area contributed by atoms with Crippen LogP contribution < -0.4 is 15.5 Å². The van der Waals surface area contributed by atoms with Gasteiger partial charge in [-0.2, -0.15) is 0 Å². The number of hydrogen-bond donors (Lipinski definition) is 2. The van der Waals surface area contributed by atoms with Crippen molar-refractivity contribution in [3.63, 3.8) is 0 Å². The molecule has 0 saturated carbocycles. The molecule has 1 amide bonds. The van der Waals surface area contributed by atoms with E-state index >= 15 is 0 Å². The van der Waals surface area contributed by atoms with Crippen molar-refractivity contribution >= 4 is 28.1 Å². The smallest absolute Gasteiger partial charge is 0.324 e. The van der Waals surface area contributed by atoms with Gasteiger partial charge in [0.25, 0.3) is 0 Å². The fourth-order valence-corrected chi connectivity index (χ4v) is 3.97. The van der Waals surface area contributed by atoms with Crippen molar-refractivity contribution in [2.45, 2.75) is 18.9 Å². The predicted octanol–water partition coefficient (Wildman–Crippen LogP) is 3.58. The molecular weight excluding hydrogens is 408 g/mol. The highest BCUT2D eigenvalue weighted by atomic mass is 32.1. The molecule has 2 aromatic carbocycles. The summed E-state index contributed by atoms with van der Waals surface area (Å²) in [5.74, 6) is 0.0752. The van der Waals surface area contributed by atoms with Crippen molar-refractivity contribution in [1.82, 2.24) is 14.8 Å². The van der Waals surface area contributed by atoms with Crippen LogP contribution in [0.1, 0.15) is 22.9 Å². The van der Waals surface area contributed by atoms with Gasteiger partial charge in [-0.05, 0) is 36.2 Å². The van der Waals surface area contributed by atoms with E-state index in [1.807, 2.05) is 49.8 Å². The van der Waals surface area contributed by atoms with Crippen LogP contribution in [0.15, 0.2) is 60.0 Å². The summed E-state index contributed by atoms with van der Waals surface area (Å²) in [4.78, 5) is 17.0. The third-order valence-electron chi connectivity index (χ3n) is 5.48. The zero-order valence-corrected chi connectivity index (χ0v) is 19.2. The van der Waals surface area contributed by atoms with Gasteiger partial charge in [0.1, 0.15) is 12.1 Å². The van der Waals surface area contributed by atoms with E-state index in [0.29, 0.717) is 5.13 Å². The van der Waals surface area contributed by atoms with Crippen LogP contribution in [0.5, 0.6) is 0 Å². The van der Waals surface area contributed by atoms with Gasteiger partial charge in [0.05, 0.1) is 25.9 Å². The summed E-state index contributed by atoms with van der Waals surface area (Å²) >= 11 is 1.36.